The number of amides is 1. The van der Waals surface area contributed by atoms with Crippen molar-refractivity contribution in [2.75, 3.05) is 6.54 Å². The average molecular weight is 397 g/mol. The van der Waals surface area contributed by atoms with Crippen LogP contribution in [0.25, 0.3) is 0 Å². The first-order valence-corrected chi connectivity index (χ1v) is 10.3. The van der Waals surface area contributed by atoms with Gasteiger partial charge in [0.2, 0.25) is 0 Å². The first-order chi connectivity index (χ1) is 13.8. The van der Waals surface area contributed by atoms with E-state index in [2.05, 4.69) is 29.2 Å². The zero-order valence-corrected chi connectivity index (χ0v) is 17.6. The van der Waals surface area contributed by atoms with Gasteiger partial charge in [-0.3, -0.25) is 9.80 Å². The van der Waals surface area contributed by atoms with Gasteiger partial charge >= 0.3 is 6.09 Å². The Hall–Kier alpha value is -2.37. The van der Waals surface area contributed by atoms with E-state index in [1.54, 1.807) is 0 Å². The van der Waals surface area contributed by atoms with Crippen LogP contribution in [0.1, 0.15) is 44.7 Å². The van der Waals surface area contributed by atoms with Crippen molar-refractivity contribution in [3.8, 4) is 0 Å². The summed E-state index contributed by atoms with van der Waals surface area (Å²) in [6.45, 7) is 7.46. The Morgan fingerprint density at radius 3 is 2.03 bits per heavy atom. The maximum Gasteiger partial charge on any atom is 0.412 e. The molecule has 156 valence electrons. The van der Waals surface area contributed by atoms with Crippen LogP contribution >= 0.6 is 0 Å². The fourth-order valence-corrected chi connectivity index (χ4v) is 3.78. The van der Waals surface area contributed by atoms with E-state index in [4.69, 9.17) is 4.74 Å². The summed E-state index contributed by atoms with van der Waals surface area (Å²) in [4.78, 5) is 16.4. The number of carbonyl (C=O) groups is 1. The molecule has 1 heterocycles. The highest BCUT2D eigenvalue weighted by molar-refractivity contribution is 5.68. The smallest absolute Gasteiger partial charge is 0.412 e. The van der Waals surface area contributed by atoms with Gasteiger partial charge in [-0.05, 0) is 44.7 Å². The van der Waals surface area contributed by atoms with Crippen molar-refractivity contribution in [1.82, 2.24) is 9.80 Å². The number of hydrogen-bond acceptors (Lipinski definition) is 4. The van der Waals surface area contributed by atoms with E-state index < -0.39 is 17.9 Å². The molecule has 1 aliphatic heterocycles. The van der Waals surface area contributed by atoms with Crippen LogP contribution in [-0.2, 0) is 17.8 Å². The summed E-state index contributed by atoms with van der Waals surface area (Å²) in [6.07, 6.45) is 0.321. The molecule has 1 fully saturated rings. The van der Waals surface area contributed by atoms with Gasteiger partial charge in [0, 0.05) is 19.6 Å². The van der Waals surface area contributed by atoms with Crippen LogP contribution in [0.4, 0.5) is 4.79 Å². The minimum Gasteiger partial charge on any atom is -0.444 e. The molecule has 3 rings (SSSR count). The SMILES string of the molecule is CC(C)(C)OC(=O)N1CCC[C@H](N(Cc2ccccc2)Cc2ccccc2)C1O. The van der Waals surface area contributed by atoms with E-state index in [1.807, 2.05) is 57.2 Å². The summed E-state index contributed by atoms with van der Waals surface area (Å²) < 4.78 is 5.52. The maximum atomic E-state index is 12.6. The number of hydrogen-bond donors (Lipinski definition) is 1. The molecular formula is C24H32N2O3. The van der Waals surface area contributed by atoms with Gasteiger partial charge < -0.3 is 9.84 Å². The molecule has 5 heteroatoms. The van der Waals surface area contributed by atoms with E-state index >= 15 is 0 Å². The van der Waals surface area contributed by atoms with Gasteiger partial charge in [0.1, 0.15) is 11.8 Å². The van der Waals surface area contributed by atoms with Crippen molar-refractivity contribution in [3.05, 3.63) is 71.8 Å². The summed E-state index contributed by atoms with van der Waals surface area (Å²) >= 11 is 0. The second-order valence-corrected chi connectivity index (χ2v) is 8.67. The van der Waals surface area contributed by atoms with Gasteiger partial charge in [-0.15, -0.1) is 0 Å². The molecule has 0 aromatic heterocycles. The zero-order valence-electron chi connectivity index (χ0n) is 17.6. The van der Waals surface area contributed by atoms with Crippen LogP contribution in [-0.4, -0.2) is 45.4 Å². The van der Waals surface area contributed by atoms with Crippen LogP contribution in [0.5, 0.6) is 0 Å². The molecule has 1 N–H and O–H groups in total. The second kappa shape index (κ2) is 9.42. The quantitative estimate of drug-likeness (QED) is 0.814. The normalized spacial score (nSPS) is 20.0. The highest BCUT2D eigenvalue weighted by atomic mass is 16.6. The minimum absolute atomic E-state index is 0.156. The molecule has 2 atom stereocenters. The van der Waals surface area contributed by atoms with Crippen molar-refractivity contribution >= 4 is 6.09 Å². The Labute approximate surface area is 173 Å². The van der Waals surface area contributed by atoms with Gasteiger partial charge in [-0.25, -0.2) is 4.79 Å². The van der Waals surface area contributed by atoms with Crippen LogP contribution in [0.2, 0.25) is 0 Å². The number of rotatable bonds is 5. The molecule has 1 amide bonds. The molecule has 0 radical (unpaired) electrons. The Morgan fingerprint density at radius 2 is 1.55 bits per heavy atom. The summed E-state index contributed by atoms with van der Waals surface area (Å²) in [5, 5.41) is 11.1. The molecular weight excluding hydrogens is 364 g/mol. The third-order valence-corrected chi connectivity index (χ3v) is 5.12. The molecule has 2 aromatic carbocycles. The summed E-state index contributed by atoms with van der Waals surface area (Å²) in [5.41, 5.74) is 1.78. The summed E-state index contributed by atoms with van der Waals surface area (Å²) in [5.74, 6) is 0. The summed E-state index contributed by atoms with van der Waals surface area (Å²) in [6, 6.07) is 20.4. The predicted octanol–water partition coefficient (Wildman–Crippen LogP) is 4.41. The van der Waals surface area contributed by atoms with E-state index in [0.29, 0.717) is 19.6 Å². The van der Waals surface area contributed by atoms with Gasteiger partial charge in [-0.2, -0.15) is 0 Å². The number of carbonyl (C=O) groups excluding carboxylic acids is 1. The highest BCUT2D eigenvalue weighted by Gasteiger charge is 2.38. The lowest BCUT2D eigenvalue weighted by Gasteiger charge is -2.43. The predicted molar refractivity (Wildman–Crippen MR) is 114 cm³/mol. The van der Waals surface area contributed by atoms with Crippen LogP contribution in [0.3, 0.4) is 0 Å². The van der Waals surface area contributed by atoms with Crippen molar-refractivity contribution in [2.45, 2.75) is 64.6 Å². The first-order valence-electron chi connectivity index (χ1n) is 10.3. The van der Waals surface area contributed by atoms with Crippen molar-refractivity contribution in [1.29, 1.82) is 0 Å². The van der Waals surface area contributed by atoms with Crippen molar-refractivity contribution in [3.63, 3.8) is 0 Å². The minimum atomic E-state index is -0.897. The number of nitrogens with zero attached hydrogens (tertiary/aromatic N) is 2. The van der Waals surface area contributed by atoms with E-state index in [9.17, 15) is 9.90 Å². The third-order valence-electron chi connectivity index (χ3n) is 5.12. The standard InChI is InChI=1S/C24H32N2O3/c1-24(2,3)29-23(28)26-16-10-15-21(22(26)27)25(17-19-11-6-4-7-12-19)18-20-13-8-5-9-14-20/h4-9,11-14,21-22,27H,10,15-18H2,1-3H3/t21-,22?/m0/s1. The van der Waals surface area contributed by atoms with Gasteiger partial charge in [0.05, 0.1) is 6.04 Å². The first kappa shape index (κ1) is 21.3. The number of aliphatic hydroxyl groups excluding tert-OH is 1. The molecule has 1 aliphatic rings. The molecule has 5 nitrogen and oxygen atoms in total. The Morgan fingerprint density at radius 1 is 1.03 bits per heavy atom. The monoisotopic (exact) mass is 396 g/mol. The highest BCUT2D eigenvalue weighted by Crippen LogP contribution is 2.26. The topological polar surface area (TPSA) is 53.0 Å². The number of likely N-dealkylation sites (tertiary alicyclic amines) is 1. The Balaban J connectivity index is 1.80. The average Bonchev–Trinajstić information content (AvgIpc) is 2.68. The Kier molecular flexibility index (Phi) is 6.93. The van der Waals surface area contributed by atoms with E-state index in [-0.39, 0.29) is 6.04 Å². The molecule has 1 saturated heterocycles. The van der Waals surface area contributed by atoms with Crippen LogP contribution in [0, 0.1) is 0 Å². The lowest BCUT2D eigenvalue weighted by Crippen LogP contribution is -2.57. The van der Waals surface area contributed by atoms with Crippen molar-refractivity contribution in [2.24, 2.45) is 0 Å². The number of piperidine rings is 1. The van der Waals surface area contributed by atoms with Gasteiger partial charge in [-0.1, -0.05) is 60.7 Å². The molecule has 0 saturated carbocycles. The molecule has 1 unspecified atom stereocenters. The van der Waals surface area contributed by atoms with E-state index in [0.717, 1.165) is 12.8 Å². The van der Waals surface area contributed by atoms with Gasteiger partial charge in [0.15, 0.2) is 0 Å². The third kappa shape index (κ3) is 6.05. The summed E-state index contributed by atoms with van der Waals surface area (Å²) in [7, 11) is 0. The van der Waals surface area contributed by atoms with Crippen LogP contribution in [0.15, 0.2) is 60.7 Å². The molecule has 0 aliphatic carbocycles. The molecule has 0 spiro atoms. The second-order valence-electron chi connectivity index (χ2n) is 8.67. The zero-order chi connectivity index (χ0) is 20.9. The van der Waals surface area contributed by atoms with Gasteiger partial charge in [0.25, 0.3) is 0 Å². The number of ether oxygens (including phenoxy) is 1. The molecule has 29 heavy (non-hydrogen) atoms. The number of aliphatic hydroxyl groups is 1. The van der Waals surface area contributed by atoms with Crippen LogP contribution < -0.4 is 0 Å². The molecule has 0 bridgehead atoms. The lowest BCUT2D eigenvalue weighted by atomic mass is 10.00. The fraction of sp³-hybridized carbons (Fsp3) is 0.458. The maximum absolute atomic E-state index is 12.6. The molecule has 2 aromatic rings. The largest absolute Gasteiger partial charge is 0.444 e. The number of benzene rings is 2. The van der Waals surface area contributed by atoms with E-state index in [1.165, 1.54) is 16.0 Å². The Bertz CT molecular complexity index is 732. The fourth-order valence-electron chi connectivity index (χ4n) is 3.78. The van der Waals surface area contributed by atoms with Crippen molar-refractivity contribution < 1.29 is 14.6 Å². The lowest BCUT2D eigenvalue weighted by molar-refractivity contribution is -0.0913.